The van der Waals surface area contributed by atoms with Crippen LogP contribution in [0.4, 0.5) is 24.5 Å². The normalized spacial score (nSPS) is 11.2. The first-order valence-electron chi connectivity index (χ1n) is 5.74. The Bertz CT molecular complexity index is 669. The summed E-state index contributed by atoms with van der Waals surface area (Å²) in [6.45, 7) is 0. The lowest BCUT2D eigenvalue weighted by Gasteiger charge is -2.10. The number of anilines is 2. The van der Waals surface area contributed by atoms with Crippen LogP contribution in [-0.2, 0) is 6.18 Å². The van der Waals surface area contributed by atoms with E-state index in [4.69, 9.17) is 16.7 Å². The Balaban J connectivity index is 2.22. The Morgan fingerprint density at radius 2 is 1.62 bits per heavy atom. The van der Waals surface area contributed by atoms with Gasteiger partial charge in [0.1, 0.15) is 0 Å². The minimum atomic E-state index is -4.39. The lowest BCUT2D eigenvalue weighted by Crippen LogP contribution is -2.04. The number of benzene rings is 2. The van der Waals surface area contributed by atoms with Gasteiger partial charge in [0.2, 0.25) is 0 Å². The van der Waals surface area contributed by atoms with Gasteiger partial charge in [0.05, 0.1) is 16.1 Å². The SMILES string of the molecule is O=C(O)c1cc(Nc2ccc(C(F)(F)F)cc2)ccc1Cl. The molecule has 0 bridgehead atoms. The molecule has 0 saturated heterocycles. The van der Waals surface area contributed by atoms with E-state index in [1.165, 1.54) is 30.3 Å². The average molecular weight is 316 g/mol. The molecule has 0 aliphatic carbocycles. The van der Waals surface area contributed by atoms with Crippen molar-refractivity contribution in [3.63, 3.8) is 0 Å². The highest BCUT2D eigenvalue weighted by atomic mass is 35.5. The van der Waals surface area contributed by atoms with E-state index in [0.29, 0.717) is 11.4 Å². The highest BCUT2D eigenvalue weighted by molar-refractivity contribution is 6.33. The third-order valence-corrected chi connectivity index (χ3v) is 3.03. The highest BCUT2D eigenvalue weighted by Crippen LogP contribution is 2.30. The molecule has 2 aromatic rings. The second kappa shape index (κ2) is 5.65. The molecule has 0 spiro atoms. The fraction of sp³-hybridized carbons (Fsp3) is 0.0714. The Kier molecular flexibility index (Phi) is 4.09. The van der Waals surface area contributed by atoms with Crippen molar-refractivity contribution in [3.05, 3.63) is 58.6 Å². The molecular weight excluding hydrogens is 307 g/mol. The molecule has 3 nitrogen and oxygen atoms in total. The minimum absolute atomic E-state index is 0.0838. The molecule has 0 unspecified atom stereocenters. The molecule has 7 heteroatoms. The number of aromatic carboxylic acids is 1. The van der Waals surface area contributed by atoms with E-state index in [9.17, 15) is 18.0 Å². The van der Waals surface area contributed by atoms with Crippen molar-refractivity contribution in [3.8, 4) is 0 Å². The van der Waals surface area contributed by atoms with Crippen molar-refractivity contribution < 1.29 is 23.1 Å². The van der Waals surface area contributed by atoms with Crippen LogP contribution in [0.3, 0.4) is 0 Å². The number of nitrogens with one attached hydrogen (secondary N) is 1. The van der Waals surface area contributed by atoms with Crippen LogP contribution in [0.15, 0.2) is 42.5 Å². The maximum Gasteiger partial charge on any atom is 0.416 e. The molecule has 21 heavy (non-hydrogen) atoms. The van der Waals surface area contributed by atoms with Crippen molar-refractivity contribution in [2.24, 2.45) is 0 Å². The van der Waals surface area contributed by atoms with Crippen molar-refractivity contribution in [1.82, 2.24) is 0 Å². The molecule has 0 atom stereocenters. The number of carboxylic acids is 1. The summed E-state index contributed by atoms with van der Waals surface area (Å²) in [6.07, 6.45) is -4.39. The first-order valence-corrected chi connectivity index (χ1v) is 6.12. The van der Waals surface area contributed by atoms with E-state index in [1.54, 1.807) is 0 Å². The standard InChI is InChI=1S/C14H9ClF3NO2/c15-12-6-5-10(7-11(12)13(20)21)19-9-3-1-8(2-4-9)14(16,17)18/h1-7,19H,(H,20,21). The molecule has 110 valence electrons. The van der Waals surface area contributed by atoms with Crippen LogP contribution in [0, 0.1) is 0 Å². The first-order chi connectivity index (χ1) is 9.77. The topological polar surface area (TPSA) is 49.3 Å². The van der Waals surface area contributed by atoms with Gasteiger partial charge in [-0.05, 0) is 42.5 Å². The molecule has 2 N–H and O–H groups in total. The first kappa shape index (κ1) is 15.2. The lowest BCUT2D eigenvalue weighted by molar-refractivity contribution is -0.137. The van der Waals surface area contributed by atoms with Gasteiger partial charge in [0.25, 0.3) is 0 Å². The molecule has 2 aromatic carbocycles. The molecule has 0 fully saturated rings. The molecule has 0 radical (unpaired) electrons. The van der Waals surface area contributed by atoms with Gasteiger partial charge in [0, 0.05) is 11.4 Å². The summed E-state index contributed by atoms with van der Waals surface area (Å²) in [5, 5.41) is 11.8. The van der Waals surface area contributed by atoms with Crippen LogP contribution in [0.1, 0.15) is 15.9 Å². The van der Waals surface area contributed by atoms with Gasteiger partial charge < -0.3 is 10.4 Å². The number of hydrogen-bond acceptors (Lipinski definition) is 2. The molecule has 2 rings (SSSR count). The maximum absolute atomic E-state index is 12.4. The van der Waals surface area contributed by atoms with E-state index in [0.717, 1.165) is 12.1 Å². The van der Waals surface area contributed by atoms with Gasteiger partial charge >= 0.3 is 12.1 Å². The van der Waals surface area contributed by atoms with E-state index in [2.05, 4.69) is 5.32 Å². The molecule has 0 heterocycles. The van der Waals surface area contributed by atoms with Gasteiger partial charge in [-0.3, -0.25) is 0 Å². The molecule has 0 saturated carbocycles. The number of carbonyl (C=O) groups is 1. The van der Waals surface area contributed by atoms with E-state index in [1.807, 2.05) is 0 Å². The quantitative estimate of drug-likeness (QED) is 0.855. The fourth-order valence-electron chi connectivity index (χ4n) is 1.68. The zero-order chi connectivity index (χ0) is 15.6. The smallest absolute Gasteiger partial charge is 0.416 e. The van der Waals surface area contributed by atoms with Crippen LogP contribution in [0.25, 0.3) is 0 Å². The molecule has 0 aromatic heterocycles. The molecule has 0 aliphatic heterocycles. The summed E-state index contributed by atoms with van der Waals surface area (Å²) >= 11 is 5.73. The highest BCUT2D eigenvalue weighted by Gasteiger charge is 2.29. The summed E-state index contributed by atoms with van der Waals surface area (Å²) in [5.74, 6) is -1.18. The Hall–Kier alpha value is -2.21. The predicted molar refractivity (Wildman–Crippen MR) is 73.1 cm³/mol. The van der Waals surface area contributed by atoms with Crippen LogP contribution < -0.4 is 5.32 Å². The van der Waals surface area contributed by atoms with Crippen molar-refractivity contribution in [2.75, 3.05) is 5.32 Å². The van der Waals surface area contributed by atoms with Crippen LogP contribution in [0.5, 0.6) is 0 Å². The number of carboxylic acid groups (broad SMARTS) is 1. The summed E-state index contributed by atoms with van der Waals surface area (Å²) in [4.78, 5) is 10.9. The van der Waals surface area contributed by atoms with Gasteiger partial charge in [-0.15, -0.1) is 0 Å². The minimum Gasteiger partial charge on any atom is -0.478 e. The van der Waals surface area contributed by atoms with E-state index >= 15 is 0 Å². The van der Waals surface area contributed by atoms with Crippen LogP contribution >= 0.6 is 11.6 Å². The molecular formula is C14H9ClF3NO2. The van der Waals surface area contributed by atoms with Crippen molar-refractivity contribution >= 4 is 28.9 Å². The largest absolute Gasteiger partial charge is 0.478 e. The summed E-state index contributed by atoms with van der Waals surface area (Å²) in [7, 11) is 0. The Labute approximate surface area is 123 Å². The Morgan fingerprint density at radius 1 is 1.05 bits per heavy atom. The number of rotatable bonds is 3. The third-order valence-electron chi connectivity index (χ3n) is 2.70. The lowest BCUT2D eigenvalue weighted by atomic mass is 10.1. The number of halogens is 4. The van der Waals surface area contributed by atoms with Gasteiger partial charge in [0.15, 0.2) is 0 Å². The second-order valence-corrected chi connectivity index (χ2v) is 4.61. The van der Waals surface area contributed by atoms with Crippen molar-refractivity contribution in [1.29, 1.82) is 0 Å². The van der Waals surface area contributed by atoms with E-state index < -0.39 is 17.7 Å². The maximum atomic E-state index is 12.4. The Morgan fingerprint density at radius 3 is 2.14 bits per heavy atom. The molecule has 0 aliphatic rings. The zero-order valence-electron chi connectivity index (χ0n) is 10.4. The van der Waals surface area contributed by atoms with Crippen LogP contribution in [-0.4, -0.2) is 11.1 Å². The van der Waals surface area contributed by atoms with Crippen LogP contribution in [0.2, 0.25) is 5.02 Å². The summed E-state index contributed by atoms with van der Waals surface area (Å²) in [6, 6.07) is 8.65. The molecule has 0 amide bonds. The number of alkyl halides is 3. The zero-order valence-corrected chi connectivity index (χ0v) is 11.2. The van der Waals surface area contributed by atoms with Gasteiger partial charge in [-0.25, -0.2) is 4.79 Å². The van der Waals surface area contributed by atoms with Crippen molar-refractivity contribution in [2.45, 2.75) is 6.18 Å². The summed E-state index contributed by atoms with van der Waals surface area (Å²) < 4.78 is 37.3. The third kappa shape index (κ3) is 3.66. The second-order valence-electron chi connectivity index (χ2n) is 4.20. The predicted octanol–water partition coefficient (Wildman–Crippen LogP) is 4.80. The average Bonchev–Trinajstić information content (AvgIpc) is 2.40. The summed E-state index contributed by atoms with van der Waals surface area (Å²) in [5.41, 5.74) is -0.0258. The van der Waals surface area contributed by atoms with Gasteiger partial charge in [-0.1, -0.05) is 11.6 Å². The fourth-order valence-corrected chi connectivity index (χ4v) is 1.87. The van der Waals surface area contributed by atoms with Gasteiger partial charge in [-0.2, -0.15) is 13.2 Å². The number of hydrogen-bond donors (Lipinski definition) is 2. The monoisotopic (exact) mass is 315 g/mol. The van der Waals surface area contributed by atoms with E-state index in [-0.39, 0.29) is 10.6 Å².